The van der Waals surface area contributed by atoms with Crippen LogP contribution < -0.4 is 14.0 Å². The lowest BCUT2D eigenvalue weighted by Gasteiger charge is -2.29. The van der Waals surface area contributed by atoms with Gasteiger partial charge >= 0.3 is 11.9 Å². The average molecular weight is 667 g/mol. The number of para-hydroxylation sites is 1. The molecule has 4 rings (SSSR count). The standard InChI is InChI=1S/C36H45N2O8S/c1-7-8-18-38(4,5)19-12-20-45-28-15-16-32-30(24-28)33(29-13-9-10-14-31(29)37(32)17-11-21-47(41,42)43)36(40)46-34-25(2)22-27(23-26(34)3)35(39)44-6/h9-10,13-16,22-24H,7-8,11-12,17-21H2,1-6H3/q+1/p+1. The molecule has 0 unspecified atom stereocenters. The number of carbonyl (C=O) groups is 2. The summed E-state index contributed by atoms with van der Waals surface area (Å²) in [6, 6.07) is 16.2. The molecule has 47 heavy (non-hydrogen) atoms. The first-order chi connectivity index (χ1) is 22.2. The van der Waals surface area contributed by atoms with Crippen LogP contribution in [-0.2, 0) is 21.4 Å². The number of hydrogen-bond acceptors (Lipinski definition) is 7. The molecular weight excluding hydrogens is 620 g/mol. The van der Waals surface area contributed by atoms with Crippen LogP contribution >= 0.6 is 0 Å². The molecule has 0 radical (unpaired) electrons. The van der Waals surface area contributed by atoms with E-state index in [1.54, 1.807) is 26.0 Å². The molecule has 10 nitrogen and oxygen atoms in total. The first-order valence-corrected chi connectivity index (χ1v) is 17.6. The summed E-state index contributed by atoms with van der Waals surface area (Å²) in [6.45, 7) is 8.58. The number of hydrogen-bond donors (Lipinski definition) is 1. The Labute approximate surface area is 277 Å². The Morgan fingerprint density at radius 3 is 2.19 bits per heavy atom. The number of aromatic nitrogens is 1. The molecule has 0 saturated heterocycles. The molecule has 1 heterocycles. The molecule has 11 heteroatoms. The van der Waals surface area contributed by atoms with Crippen molar-refractivity contribution in [3.63, 3.8) is 0 Å². The summed E-state index contributed by atoms with van der Waals surface area (Å²) in [5.41, 5.74) is 3.29. The Bertz CT molecular complexity index is 1860. The van der Waals surface area contributed by atoms with Crippen LogP contribution in [-0.4, -0.2) is 76.0 Å². The van der Waals surface area contributed by atoms with E-state index in [1.807, 2.05) is 47.0 Å². The highest BCUT2D eigenvalue weighted by Gasteiger charge is 2.27. The first kappa shape index (κ1) is 35.8. The number of carbonyl (C=O) groups excluding carboxylic acids is 2. The lowest BCUT2D eigenvalue weighted by Crippen LogP contribution is -2.41. The van der Waals surface area contributed by atoms with Gasteiger partial charge in [0.1, 0.15) is 11.5 Å². The van der Waals surface area contributed by atoms with E-state index >= 15 is 0 Å². The third-order valence-electron chi connectivity index (χ3n) is 8.35. The second-order valence-electron chi connectivity index (χ2n) is 12.6. The minimum absolute atomic E-state index is 0.168. The van der Waals surface area contributed by atoms with Gasteiger partial charge in [-0.3, -0.25) is 4.55 Å². The van der Waals surface area contributed by atoms with E-state index in [4.69, 9.17) is 14.2 Å². The number of rotatable bonds is 15. The van der Waals surface area contributed by atoms with Gasteiger partial charge in [-0.05, 0) is 61.7 Å². The molecule has 252 valence electrons. The van der Waals surface area contributed by atoms with Crippen molar-refractivity contribution in [2.75, 3.05) is 46.7 Å². The largest absolute Gasteiger partial charge is 0.493 e. The second-order valence-corrected chi connectivity index (χ2v) is 14.2. The predicted molar refractivity (Wildman–Crippen MR) is 182 cm³/mol. The number of ether oxygens (including phenoxy) is 3. The maximum absolute atomic E-state index is 14.2. The molecule has 4 aromatic rings. The van der Waals surface area contributed by atoms with Crippen molar-refractivity contribution in [3.8, 4) is 11.5 Å². The number of pyridine rings is 1. The van der Waals surface area contributed by atoms with Crippen molar-refractivity contribution in [2.24, 2.45) is 0 Å². The van der Waals surface area contributed by atoms with Gasteiger partial charge in [-0.2, -0.15) is 13.0 Å². The Hall–Kier alpha value is -4.06. The van der Waals surface area contributed by atoms with E-state index in [0.29, 0.717) is 62.2 Å². The predicted octanol–water partition coefficient (Wildman–Crippen LogP) is 5.83. The van der Waals surface area contributed by atoms with E-state index in [-0.39, 0.29) is 13.0 Å². The van der Waals surface area contributed by atoms with Gasteiger partial charge in [0.2, 0.25) is 11.0 Å². The lowest BCUT2D eigenvalue weighted by molar-refractivity contribution is -0.890. The molecule has 3 aromatic carbocycles. The van der Waals surface area contributed by atoms with Gasteiger partial charge in [-0.1, -0.05) is 25.5 Å². The Morgan fingerprint density at radius 1 is 0.872 bits per heavy atom. The van der Waals surface area contributed by atoms with Gasteiger partial charge in [0.25, 0.3) is 10.1 Å². The summed E-state index contributed by atoms with van der Waals surface area (Å²) in [6.07, 6.45) is 3.35. The van der Waals surface area contributed by atoms with Crippen LogP contribution in [0.1, 0.15) is 64.4 Å². The van der Waals surface area contributed by atoms with Crippen LogP contribution in [0.15, 0.2) is 54.6 Å². The quantitative estimate of drug-likeness (QED) is 0.0320. The minimum Gasteiger partial charge on any atom is -0.493 e. The highest BCUT2D eigenvalue weighted by atomic mass is 32.2. The Balaban J connectivity index is 1.77. The Morgan fingerprint density at radius 2 is 1.53 bits per heavy atom. The second kappa shape index (κ2) is 15.2. The van der Waals surface area contributed by atoms with Crippen LogP contribution in [0.25, 0.3) is 21.8 Å². The summed E-state index contributed by atoms with van der Waals surface area (Å²) < 4.78 is 52.4. The SMILES string of the molecule is CCCC[N+](C)(C)CCCOc1ccc2c(c1)c(C(=O)Oc1c(C)cc(C(=O)OC)cc1C)c1ccccc1[n+]2CCCS(=O)(=O)O. The number of methoxy groups -OCH3 is 1. The number of fused-ring (bicyclic) bond motifs is 2. The fourth-order valence-electron chi connectivity index (χ4n) is 5.97. The van der Waals surface area contributed by atoms with Crippen LogP contribution in [0, 0.1) is 13.8 Å². The van der Waals surface area contributed by atoms with Gasteiger partial charge in [-0.15, -0.1) is 0 Å². The van der Waals surface area contributed by atoms with E-state index < -0.39 is 27.8 Å². The van der Waals surface area contributed by atoms with E-state index in [1.165, 1.54) is 13.5 Å². The van der Waals surface area contributed by atoms with Crippen molar-refractivity contribution in [2.45, 2.75) is 53.0 Å². The van der Waals surface area contributed by atoms with Crippen LogP contribution in [0.4, 0.5) is 0 Å². The highest BCUT2D eigenvalue weighted by Crippen LogP contribution is 2.32. The molecule has 0 aliphatic carbocycles. The summed E-state index contributed by atoms with van der Waals surface area (Å²) in [7, 11) is 1.61. The molecule has 1 aromatic heterocycles. The first-order valence-electron chi connectivity index (χ1n) is 15.9. The molecule has 1 N–H and O–H groups in total. The van der Waals surface area contributed by atoms with Crippen molar-refractivity contribution in [1.82, 2.24) is 0 Å². The zero-order valence-corrected chi connectivity index (χ0v) is 29.0. The molecule has 0 bridgehead atoms. The summed E-state index contributed by atoms with van der Waals surface area (Å²) in [5.74, 6) is -0.515. The number of unbranched alkanes of at least 4 members (excludes halogenated alkanes) is 1. The smallest absolute Gasteiger partial charge is 0.345 e. The molecular formula is C36H46N2O8S+2. The number of esters is 2. The molecule has 0 saturated carbocycles. The number of benzene rings is 3. The molecule has 0 aliphatic rings. The normalized spacial score (nSPS) is 12.0. The topological polar surface area (TPSA) is 120 Å². The molecule has 0 amide bonds. The summed E-state index contributed by atoms with van der Waals surface area (Å²) in [5, 5.41) is 1.20. The third-order valence-corrected chi connectivity index (χ3v) is 9.15. The fraction of sp³-hybridized carbons (Fsp3) is 0.417. The fourth-order valence-corrected chi connectivity index (χ4v) is 6.47. The van der Waals surface area contributed by atoms with Crippen molar-refractivity contribution >= 4 is 43.9 Å². The van der Waals surface area contributed by atoms with E-state index in [9.17, 15) is 22.6 Å². The van der Waals surface area contributed by atoms with E-state index in [0.717, 1.165) is 30.4 Å². The third kappa shape index (κ3) is 9.06. The zero-order chi connectivity index (χ0) is 34.4. The van der Waals surface area contributed by atoms with Crippen molar-refractivity contribution in [1.29, 1.82) is 0 Å². The summed E-state index contributed by atoms with van der Waals surface area (Å²) >= 11 is 0. The maximum atomic E-state index is 14.2. The molecule has 0 fully saturated rings. The van der Waals surface area contributed by atoms with Crippen molar-refractivity contribution < 1.29 is 45.8 Å². The number of quaternary nitrogens is 1. The number of aryl methyl sites for hydroxylation is 3. The van der Waals surface area contributed by atoms with E-state index in [2.05, 4.69) is 21.0 Å². The van der Waals surface area contributed by atoms with Gasteiger partial charge in [0, 0.05) is 25.0 Å². The van der Waals surface area contributed by atoms with Crippen LogP contribution in [0.3, 0.4) is 0 Å². The highest BCUT2D eigenvalue weighted by molar-refractivity contribution is 7.85. The monoisotopic (exact) mass is 666 g/mol. The average Bonchev–Trinajstić information content (AvgIpc) is 3.02. The summed E-state index contributed by atoms with van der Waals surface area (Å²) in [4.78, 5) is 26.3. The van der Waals surface area contributed by atoms with Crippen molar-refractivity contribution in [3.05, 3.63) is 76.9 Å². The van der Waals surface area contributed by atoms with Gasteiger partial charge in [0.15, 0.2) is 6.54 Å². The maximum Gasteiger partial charge on any atom is 0.345 e. The van der Waals surface area contributed by atoms with Crippen LogP contribution in [0.5, 0.6) is 11.5 Å². The van der Waals surface area contributed by atoms with Crippen LogP contribution in [0.2, 0.25) is 0 Å². The Kier molecular flexibility index (Phi) is 11.6. The lowest BCUT2D eigenvalue weighted by atomic mass is 10.0. The van der Waals surface area contributed by atoms with Gasteiger partial charge in [-0.25, -0.2) is 9.59 Å². The van der Waals surface area contributed by atoms with Gasteiger partial charge < -0.3 is 18.7 Å². The minimum atomic E-state index is -4.15. The van der Waals surface area contributed by atoms with Gasteiger partial charge in [0.05, 0.1) is 68.6 Å². The number of nitrogens with zero attached hydrogens (tertiary/aromatic N) is 2. The molecule has 0 atom stereocenters. The molecule has 0 aliphatic heterocycles. The zero-order valence-electron chi connectivity index (χ0n) is 28.2. The molecule has 0 spiro atoms.